The third-order valence-corrected chi connectivity index (χ3v) is 4.63. The van der Waals surface area contributed by atoms with Crippen LogP contribution in [0.2, 0.25) is 5.02 Å². The molecule has 0 bridgehead atoms. The number of nitrogens with zero attached hydrogens (tertiary/aromatic N) is 1. The van der Waals surface area contributed by atoms with Crippen LogP contribution in [0.4, 0.5) is 0 Å². The zero-order chi connectivity index (χ0) is 15.7. The van der Waals surface area contributed by atoms with Gasteiger partial charge in [-0.05, 0) is 18.2 Å². The van der Waals surface area contributed by atoms with Gasteiger partial charge in [-0.3, -0.25) is 14.5 Å². The van der Waals surface area contributed by atoms with E-state index < -0.39 is 18.4 Å². The molecule has 0 aromatic heterocycles. The van der Waals surface area contributed by atoms with Gasteiger partial charge in [-0.1, -0.05) is 51.5 Å². The van der Waals surface area contributed by atoms with Crippen molar-refractivity contribution in [2.24, 2.45) is 0 Å². The fraction of sp³-hybridized carbons (Fsp3) is 0.0833. The molecule has 0 radical (unpaired) electrons. The summed E-state index contributed by atoms with van der Waals surface area (Å²) in [6.45, 7) is -0.493. The Morgan fingerprint density at radius 1 is 1.52 bits per heavy atom. The number of phenols is 1. The summed E-state index contributed by atoms with van der Waals surface area (Å²) in [6, 6.07) is 3.11. The van der Waals surface area contributed by atoms with Crippen molar-refractivity contribution >= 4 is 73.8 Å². The minimum atomic E-state index is -1.15. The highest BCUT2D eigenvalue weighted by atomic mass is 79.9. The maximum atomic E-state index is 12.1. The SMILES string of the molecule is O=C(O)CN1C(=O)/C(=C/c2cc(Br)cc(Cl)c2O)SC1=S. The zero-order valence-electron chi connectivity index (χ0n) is 10.2. The predicted molar refractivity (Wildman–Crippen MR) is 88.3 cm³/mol. The van der Waals surface area contributed by atoms with Crippen molar-refractivity contribution < 1.29 is 19.8 Å². The van der Waals surface area contributed by atoms with Gasteiger partial charge in [-0.25, -0.2) is 0 Å². The number of hydrogen-bond acceptors (Lipinski definition) is 5. The fourth-order valence-corrected chi connectivity index (χ4v) is 3.69. The number of phenolic OH excluding ortho intramolecular Hbond substituents is 1. The quantitative estimate of drug-likeness (QED) is 0.591. The number of carbonyl (C=O) groups is 2. The summed E-state index contributed by atoms with van der Waals surface area (Å²) in [6.07, 6.45) is 1.42. The van der Waals surface area contributed by atoms with E-state index in [4.69, 9.17) is 28.9 Å². The Morgan fingerprint density at radius 3 is 2.81 bits per heavy atom. The van der Waals surface area contributed by atoms with Gasteiger partial charge in [0.1, 0.15) is 16.6 Å². The Labute approximate surface area is 142 Å². The molecule has 2 N–H and O–H groups in total. The van der Waals surface area contributed by atoms with E-state index in [0.717, 1.165) is 16.7 Å². The number of thioether (sulfide) groups is 1. The third-order valence-electron chi connectivity index (χ3n) is 2.51. The first-order valence-electron chi connectivity index (χ1n) is 5.44. The lowest BCUT2D eigenvalue weighted by Gasteiger charge is -2.10. The maximum Gasteiger partial charge on any atom is 0.323 e. The van der Waals surface area contributed by atoms with E-state index in [1.54, 1.807) is 6.07 Å². The molecule has 5 nitrogen and oxygen atoms in total. The fourth-order valence-electron chi connectivity index (χ4n) is 1.61. The average molecular weight is 409 g/mol. The summed E-state index contributed by atoms with van der Waals surface area (Å²) in [5, 5.41) is 18.8. The summed E-state index contributed by atoms with van der Waals surface area (Å²) in [5.74, 6) is -1.83. The standard InChI is InChI=1S/C12H7BrClNO4S2/c13-6-1-5(10(18)7(14)3-6)2-8-11(19)15(4-9(16)17)12(20)21-8/h1-3,18H,4H2,(H,16,17)/b8-2-. The van der Waals surface area contributed by atoms with E-state index in [1.807, 2.05) is 0 Å². The topological polar surface area (TPSA) is 77.8 Å². The number of amides is 1. The number of aliphatic carboxylic acids is 1. The van der Waals surface area contributed by atoms with Gasteiger partial charge in [0.25, 0.3) is 5.91 Å². The van der Waals surface area contributed by atoms with Crippen molar-refractivity contribution in [2.45, 2.75) is 0 Å². The molecule has 0 unspecified atom stereocenters. The lowest BCUT2D eigenvalue weighted by Crippen LogP contribution is -2.33. The molecule has 1 heterocycles. The largest absolute Gasteiger partial charge is 0.506 e. The molecule has 1 aliphatic heterocycles. The molecule has 1 aliphatic rings. The zero-order valence-corrected chi connectivity index (χ0v) is 14.1. The molecule has 21 heavy (non-hydrogen) atoms. The molecule has 1 fully saturated rings. The lowest BCUT2D eigenvalue weighted by molar-refractivity contribution is -0.140. The van der Waals surface area contributed by atoms with Crippen molar-refractivity contribution in [1.82, 2.24) is 4.90 Å². The van der Waals surface area contributed by atoms with Crippen LogP contribution in [0, 0.1) is 0 Å². The second-order valence-electron chi connectivity index (χ2n) is 3.99. The monoisotopic (exact) mass is 407 g/mol. The Bertz CT molecular complexity index is 692. The molecule has 1 amide bonds. The van der Waals surface area contributed by atoms with Crippen LogP contribution in [0.1, 0.15) is 5.56 Å². The van der Waals surface area contributed by atoms with Gasteiger partial charge in [-0.15, -0.1) is 0 Å². The molecule has 1 saturated heterocycles. The number of rotatable bonds is 3. The molecule has 110 valence electrons. The number of carboxylic acid groups (broad SMARTS) is 1. The van der Waals surface area contributed by atoms with E-state index in [9.17, 15) is 14.7 Å². The number of aromatic hydroxyl groups is 1. The first kappa shape index (κ1) is 16.3. The van der Waals surface area contributed by atoms with E-state index in [2.05, 4.69) is 15.9 Å². The van der Waals surface area contributed by atoms with Crippen LogP contribution >= 0.6 is 51.5 Å². The molecule has 9 heteroatoms. The van der Waals surface area contributed by atoms with Crippen LogP contribution in [0.25, 0.3) is 6.08 Å². The van der Waals surface area contributed by atoms with Crippen LogP contribution in [-0.4, -0.2) is 37.9 Å². The summed E-state index contributed by atoms with van der Waals surface area (Å²) in [7, 11) is 0. The highest BCUT2D eigenvalue weighted by Gasteiger charge is 2.33. The number of halogens is 2. The third kappa shape index (κ3) is 3.57. The van der Waals surface area contributed by atoms with Crippen molar-refractivity contribution in [3.8, 4) is 5.75 Å². The van der Waals surface area contributed by atoms with Crippen LogP contribution < -0.4 is 0 Å². The predicted octanol–water partition coefficient (Wildman–Crippen LogP) is 3.09. The van der Waals surface area contributed by atoms with Crippen molar-refractivity contribution in [2.75, 3.05) is 6.54 Å². The highest BCUT2D eigenvalue weighted by Crippen LogP contribution is 2.37. The Balaban J connectivity index is 2.37. The number of thiocarbonyl (C=S) groups is 1. The van der Waals surface area contributed by atoms with Gasteiger partial charge in [0, 0.05) is 10.0 Å². The smallest absolute Gasteiger partial charge is 0.323 e. The Kier molecular flexibility index (Phi) is 4.92. The number of carboxylic acids is 1. The summed E-state index contributed by atoms with van der Waals surface area (Å²) in [4.78, 5) is 24.0. The van der Waals surface area contributed by atoms with Gasteiger partial charge >= 0.3 is 5.97 Å². The number of hydrogen-bond donors (Lipinski definition) is 2. The van der Waals surface area contributed by atoms with Crippen molar-refractivity contribution in [1.29, 1.82) is 0 Å². The Morgan fingerprint density at radius 2 is 2.19 bits per heavy atom. The lowest BCUT2D eigenvalue weighted by atomic mass is 10.2. The molecular formula is C12H7BrClNO4S2. The summed E-state index contributed by atoms with van der Waals surface area (Å²) < 4.78 is 0.798. The molecule has 0 spiro atoms. The van der Waals surface area contributed by atoms with Crippen LogP contribution in [0.3, 0.4) is 0 Å². The minimum absolute atomic E-state index is 0.136. The van der Waals surface area contributed by atoms with Gasteiger partial charge in [0.2, 0.25) is 0 Å². The van der Waals surface area contributed by atoms with Crippen LogP contribution in [0.15, 0.2) is 21.5 Å². The Hall–Kier alpha value is -1.09. The molecule has 1 aromatic rings. The van der Waals surface area contributed by atoms with Crippen molar-refractivity contribution in [3.63, 3.8) is 0 Å². The van der Waals surface area contributed by atoms with Gasteiger partial charge in [0.15, 0.2) is 0 Å². The number of benzene rings is 1. The molecule has 2 rings (SSSR count). The molecule has 0 saturated carbocycles. The highest BCUT2D eigenvalue weighted by molar-refractivity contribution is 9.10. The first-order valence-corrected chi connectivity index (χ1v) is 7.84. The minimum Gasteiger partial charge on any atom is -0.506 e. The normalized spacial score (nSPS) is 16.9. The first-order chi connectivity index (χ1) is 9.79. The number of carbonyl (C=O) groups excluding carboxylic acids is 1. The summed E-state index contributed by atoms with van der Waals surface area (Å²) in [5.41, 5.74) is 0.338. The van der Waals surface area contributed by atoms with Crippen LogP contribution in [-0.2, 0) is 9.59 Å². The van der Waals surface area contributed by atoms with Gasteiger partial charge in [-0.2, -0.15) is 0 Å². The molecule has 0 atom stereocenters. The van der Waals surface area contributed by atoms with E-state index >= 15 is 0 Å². The van der Waals surface area contributed by atoms with E-state index in [-0.39, 0.29) is 20.0 Å². The van der Waals surface area contributed by atoms with E-state index in [0.29, 0.717) is 10.0 Å². The van der Waals surface area contributed by atoms with Crippen LogP contribution in [0.5, 0.6) is 5.75 Å². The molecular weight excluding hydrogens is 402 g/mol. The van der Waals surface area contributed by atoms with Gasteiger partial charge in [0.05, 0.1) is 9.93 Å². The molecule has 1 aromatic carbocycles. The maximum absolute atomic E-state index is 12.1. The van der Waals surface area contributed by atoms with Gasteiger partial charge < -0.3 is 10.2 Å². The molecule has 0 aliphatic carbocycles. The second-order valence-corrected chi connectivity index (χ2v) is 6.99. The summed E-state index contributed by atoms with van der Waals surface area (Å²) >= 11 is 15.0. The van der Waals surface area contributed by atoms with E-state index in [1.165, 1.54) is 12.1 Å². The second kappa shape index (κ2) is 6.35. The van der Waals surface area contributed by atoms with Crippen molar-refractivity contribution in [3.05, 3.63) is 32.1 Å². The average Bonchev–Trinajstić information content (AvgIpc) is 2.63.